The molecule has 10 heteroatoms. The summed E-state index contributed by atoms with van der Waals surface area (Å²) in [7, 11) is 0. The van der Waals surface area contributed by atoms with E-state index in [0.29, 0.717) is 45.4 Å². The zero-order chi connectivity index (χ0) is 29.4. The number of esters is 1. The average Bonchev–Trinajstić information content (AvgIpc) is 3.61. The highest BCUT2D eigenvalue weighted by Gasteiger charge is 2.27. The van der Waals surface area contributed by atoms with Crippen LogP contribution < -0.4 is 0 Å². The number of rotatable bonds is 8. The topological polar surface area (TPSA) is 128 Å². The lowest BCUT2D eigenvalue weighted by atomic mass is 9.86. The largest absolute Gasteiger partial charge is 0.506 e. The quantitative estimate of drug-likeness (QED) is 0.189. The Kier molecular flexibility index (Phi) is 6.87. The summed E-state index contributed by atoms with van der Waals surface area (Å²) in [4.78, 5) is 15.0. The SMILES string of the molecule is C=CC(=O)OC(C)C(Cc1ccc(C)c(-n2nc3ccccc3n2)c1O)c1ccc(O)c(-n2nc3ccccc3n2)c1. The van der Waals surface area contributed by atoms with Gasteiger partial charge in [-0.3, -0.25) is 0 Å². The Balaban J connectivity index is 1.42. The van der Waals surface area contributed by atoms with Crippen molar-refractivity contribution < 1.29 is 19.7 Å². The van der Waals surface area contributed by atoms with E-state index >= 15 is 0 Å². The normalized spacial score (nSPS) is 12.8. The van der Waals surface area contributed by atoms with Gasteiger partial charge in [-0.1, -0.05) is 49.0 Å². The van der Waals surface area contributed by atoms with Crippen LogP contribution >= 0.6 is 0 Å². The molecule has 0 radical (unpaired) electrons. The summed E-state index contributed by atoms with van der Waals surface area (Å²) < 4.78 is 5.66. The maximum atomic E-state index is 12.2. The number of phenols is 2. The Labute approximate surface area is 241 Å². The summed E-state index contributed by atoms with van der Waals surface area (Å²) >= 11 is 0. The Morgan fingerprint density at radius 3 is 2.02 bits per heavy atom. The maximum Gasteiger partial charge on any atom is 0.330 e. The molecule has 6 aromatic rings. The fourth-order valence-corrected chi connectivity index (χ4v) is 5.10. The first kappa shape index (κ1) is 26.7. The zero-order valence-electron chi connectivity index (χ0n) is 23.0. The van der Waals surface area contributed by atoms with Gasteiger partial charge in [0.15, 0.2) is 0 Å². The van der Waals surface area contributed by atoms with Crippen LogP contribution in [-0.4, -0.2) is 52.3 Å². The molecule has 0 aliphatic heterocycles. The second kappa shape index (κ2) is 10.8. The molecule has 10 nitrogen and oxygen atoms in total. The van der Waals surface area contributed by atoms with E-state index in [1.807, 2.05) is 67.6 Å². The minimum absolute atomic E-state index is 0.00848. The Bertz CT molecular complexity index is 1890. The number of hydrogen-bond donors (Lipinski definition) is 2. The van der Waals surface area contributed by atoms with Crippen LogP contribution in [0.2, 0.25) is 0 Å². The molecule has 0 amide bonds. The van der Waals surface area contributed by atoms with E-state index in [9.17, 15) is 15.0 Å². The number of nitrogens with zero attached hydrogens (tertiary/aromatic N) is 6. The van der Waals surface area contributed by atoms with Gasteiger partial charge in [0.2, 0.25) is 0 Å². The van der Waals surface area contributed by atoms with Crippen molar-refractivity contribution in [3.05, 3.63) is 108 Å². The number of benzene rings is 4. The van der Waals surface area contributed by atoms with Gasteiger partial charge in [0, 0.05) is 12.0 Å². The van der Waals surface area contributed by atoms with Gasteiger partial charge in [0.1, 0.15) is 51.0 Å². The number of carbonyl (C=O) groups is 1. The van der Waals surface area contributed by atoms with E-state index < -0.39 is 18.0 Å². The number of aromatic nitrogens is 6. The Morgan fingerprint density at radius 1 is 0.881 bits per heavy atom. The summed E-state index contributed by atoms with van der Waals surface area (Å²) in [6.07, 6.45) is 0.793. The molecule has 2 unspecified atom stereocenters. The number of aromatic hydroxyl groups is 2. The monoisotopic (exact) mass is 560 g/mol. The van der Waals surface area contributed by atoms with Crippen LogP contribution in [0.25, 0.3) is 33.4 Å². The van der Waals surface area contributed by atoms with Crippen molar-refractivity contribution in [3.8, 4) is 22.9 Å². The van der Waals surface area contributed by atoms with Crippen molar-refractivity contribution in [3.63, 3.8) is 0 Å². The molecule has 0 aliphatic carbocycles. The second-order valence-electron chi connectivity index (χ2n) is 10.1. The molecule has 2 aromatic heterocycles. The van der Waals surface area contributed by atoms with Gasteiger partial charge >= 0.3 is 5.97 Å². The van der Waals surface area contributed by atoms with Crippen LogP contribution in [0.1, 0.15) is 29.5 Å². The van der Waals surface area contributed by atoms with Crippen LogP contribution in [0.4, 0.5) is 0 Å². The molecule has 2 atom stereocenters. The third-order valence-corrected chi connectivity index (χ3v) is 7.33. The lowest BCUT2D eigenvalue weighted by Gasteiger charge is -2.26. The van der Waals surface area contributed by atoms with Crippen LogP contribution in [-0.2, 0) is 16.0 Å². The molecule has 0 bridgehead atoms. The third-order valence-electron chi connectivity index (χ3n) is 7.33. The van der Waals surface area contributed by atoms with Crippen molar-refractivity contribution >= 4 is 28.0 Å². The summed E-state index contributed by atoms with van der Waals surface area (Å²) in [5.41, 5.74) is 5.78. The summed E-state index contributed by atoms with van der Waals surface area (Å²) in [5, 5.41) is 40.4. The molecule has 6 rings (SSSR count). The number of fused-ring (bicyclic) bond motifs is 2. The summed E-state index contributed by atoms with van der Waals surface area (Å²) in [5.74, 6) is -0.968. The number of ether oxygens (including phenoxy) is 1. The second-order valence-corrected chi connectivity index (χ2v) is 10.1. The van der Waals surface area contributed by atoms with Gasteiger partial charge < -0.3 is 14.9 Å². The van der Waals surface area contributed by atoms with Crippen LogP contribution in [0.3, 0.4) is 0 Å². The van der Waals surface area contributed by atoms with E-state index in [2.05, 4.69) is 27.0 Å². The minimum Gasteiger partial charge on any atom is -0.506 e. The predicted molar refractivity (Wildman–Crippen MR) is 158 cm³/mol. The van der Waals surface area contributed by atoms with Gasteiger partial charge in [-0.25, -0.2) is 4.79 Å². The molecule has 2 N–H and O–H groups in total. The van der Waals surface area contributed by atoms with Gasteiger partial charge in [-0.2, -0.15) is 0 Å². The lowest BCUT2D eigenvalue weighted by Crippen LogP contribution is -2.24. The Morgan fingerprint density at radius 2 is 1.45 bits per heavy atom. The number of hydrogen-bond acceptors (Lipinski definition) is 8. The van der Waals surface area contributed by atoms with E-state index in [4.69, 9.17) is 4.74 Å². The van der Waals surface area contributed by atoms with Crippen molar-refractivity contribution in [1.29, 1.82) is 0 Å². The fraction of sp³-hybridized carbons (Fsp3) is 0.156. The molecular formula is C32H28N6O4. The van der Waals surface area contributed by atoms with Gasteiger partial charge in [0.25, 0.3) is 0 Å². The maximum absolute atomic E-state index is 12.2. The first-order valence-electron chi connectivity index (χ1n) is 13.4. The fourth-order valence-electron chi connectivity index (χ4n) is 5.10. The minimum atomic E-state index is -0.618. The molecule has 4 aromatic carbocycles. The van der Waals surface area contributed by atoms with Crippen LogP contribution in [0.15, 0.2) is 91.5 Å². The molecule has 210 valence electrons. The highest BCUT2D eigenvalue weighted by Crippen LogP contribution is 2.36. The summed E-state index contributed by atoms with van der Waals surface area (Å²) in [6, 6.07) is 23.7. The highest BCUT2D eigenvalue weighted by molar-refractivity contribution is 5.81. The average molecular weight is 561 g/mol. The number of aryl methyl sites for hydroxylation is 1. The van der Waals surface area contributed by atoms with E-state index in [1.165, 1.54) is 9.59 Å². The molecule has 2 heterocycles. The van der Waals surface area contributed by atoms with Gasteiger partial charge in [-0.05, 0) is 73.4 Å². The number of carbonyl (C=O) groups excluding carboxylic acids is 1. The third kappa shape index (κ3) is 4.94. The zero-order valence-corrected chi connectivity index (χ0v) is 23.0. The van der Waals surface area contributed by atoms with Gasteiger partial charge in [0.05, 0.1) is 0 Å². The van der Waals surface area contributed by atoms with Crippen LogP contribution in [0, 0.1) is 6.92 Å². The number of phenolic OH excluding ortho intramolecular Hbond substituents is 2. The van der Waals surface area contributed by atoms with E-state index in [1.54, 1.807) is 25.1 Å². The predicted octanol–water partition coefficient (Wildman–Crippen LogP) is 5.32. The standard InChI is InChI=1S/C32H28N6O4/c1-4-30(40)42-20(3)23(21-15-16-29(39)28(18-21)37-33-24-9-5-6-10-25(24)34-37)17-22-14-13-19(2)31(32(22)41)38-35-26-11-7-8-12-27(26)36-38/h4-16,18,20,23,39,41H,1,17H2,2-3H3. The van der Waals surface area contributed by atoms with Gasteiger partial charge in [-0.15, -0.1) is 30.0 Å². The Hall–Kier alpha value is -5.51. The lowest BCUT2D eigenvalue weighted by molar-refractivity contribution is -0.143. The summed E-state index contributed by atoms with van der Waals surface area (Å²) in [6.45, 7) is 7.18. The molecule has 0 saturated carbocycles. The van der Waals surface area contributed by atoms with E-state index in [-0.39, 0.29) is 11.5 Å². The first-order valence-corrected chi connectivity index (χ1v) is 13.4. The van der Waals surface area contributed by atoms with Crippen molar-refractivity contribution in [2.45, 2.75) is 32.3 Å². The van der Waals surface area contributed by atoms with Crippen molar-refractivity contribution in [2.24, 2.45) is 0 Å². The molecule has 0 aliphatic rings. The smallest absolute Gasteiger partial charge is 0.330 e. The molecule has 0 fully saturated rings. The van der Waals surface area contributed by atoms with E-state index in [0.717, 1.165) is 17.2 Å². The van der Waals surface area contributed by atoms with Crippen LogP contribution in [0.5, 0.6) is 11.5 Å². The molecule has 0 saturated heterocycles. The molecule has 42 heavy (non-hydrogen) atoms. The first-order chi connectivity index (χ1) is 20.3. The van der Waals surface area contributed by atoms with Crippen molar-refractivity contribution in [2.75, 3.05) is 0 Å². The highest BCUT2D eigenvalue weighted by atomic mass is 16.5. The van der Waals surface area contributed by atoms with Crippen molar-refractivity contribution in [1.82, 2.24) is 30.0 Å². The molecule has 0 spiro atoms. The molecular weight excluding hydrogens is 532 g/mol.